The van der Waals surface area contributed by atoms with Gasteiger partial charge in [0.25, 0.3) is 0 Å². The molecule has 0 aromatic heterocycles. The highest BCUT2D eigenvalue weighted by molar-refractivity contribution is 5.76. The fourth-order valence-electron chi connectivity index (χ4n) is 1.32. The number of hydrogen-bond donors (Lipinski definition) is 1. The van der Waals surface area contributed by atoms with Crippen LogP contribution in [0.3, 0.4) is 0 Å². The van der Waals surface area contributed by atoms with Gasteiger partial charge in [0.1, 0.15) is 12.6 Å². The number of benzene rings is 1. The van der Waals surface area contributed by atoms with E-state index in [9.17, 15) is 4.79 Å². The van der Waals surface area contributed by atoms with E-state index in [0.717, 1.165) is 18.5 Å². The summed E-state index contributed by atoms with van der Waals surface area (Å²) in [5.74, 6) is -0.139. The summed E-state index contributed by atoms with van der Waals surface area (Å²) in [7, 11) is 0. The molecule has 0 unspecified atom stereocenters. The molecule has 1 N–H and O–H groups in total. The van der Waals surface area contributed by atoms with Gasteiger partial charge in [-0.2, -0.15) is 0 Å². The van der Waals surface area contributed by atoms with Gasteiger partial charge in [-0.3, -0.25) is 4.79 Å². The smallest absolute Gasteiger partial charge is 0.323 e. The van der Waals surface area contributed by atoms with Gasteiger partial charge in [-0.25, -0.2) is 0 Å². The van der Waals surface area contributed by atoms with Crippen molar-refractivity contribution >= 4 is 5.97 Å². The fraction of sp³-hybridized carbons (Fsp3) is 0.364. The molecule has 1 aromatic rings. The van der Waals surface area contributed by atoms with Crippen molar-refractivity contribution in [1.29, 1.82) is 0 Å². The molecule has 74 valence electrons. The second-order valence-corrected chi connectivity index (χ2v) is 3.39. The maximum atomic E-state index is 11.3. The van der Waals surface area contributed by atoms with Crippen molar-refractivity contribution in [3.8, 4) is 0 Å². The monoisotopic (exact) mass is 191 g/mol. The third-order valence-corrected chi connectivity index (χ3v) is 2.33. The van der Waals surface area contributed by atoms with Gasteiger partial charge in [0, 0.05) is 0 Å². The van der Waals surface area contributed by atoms with Crippen molar-refractivity contribution in [3.05, 3.63) is 35.9 Å². The number of rotatable bonds is 3. The Labute approximate surface area is 83.1 Å². The molecule has 3 nitrogen and oxygen atoms in total. The molecule has 1 aliphatic rings. The van der Waals surface area contributed by atoms with Crippen LogP contribution in [0.1, 0.15) is 12.0 Å². The third kappa shape index (κ3) is 2.12. The largest absolute Gasteiger partial charge is 0.460 e. The molecule has 0 amide bonds. The van der Waals surface area contributed by atoms with Crippen LogP contribution in [-0.4, -0.2) is 18.6 Å². The Morgan fingerprint density at radius 3 is 2.71 bits per heavy atom. The predicted molar refractivity (Wildman–Crippen MR) is 52.6 cm³/mol. The van der Waals surface area contributed by atoms with Crippen LogP contribution in [0.25, 0.3) is 0 Å². The molecule has 1 saturated heterocycles. The van der Waals surface area contributed by atoms with E-state index in [1.807, 2.05) is 30.3 Å². The van der Waals surface area contributed by atoms with Crippen LogP contribution in [0.15, 0.2) is 30.3 Å². The van der Waals surface area contributed by atoms with Gasteiger partial charge in [0.2, 0.25) is 0 Å². The van der Waals surface area contributed by atoms with Crippen LogP contribution in [0.5, 0.6) is 0 Å². The quantitative estimate of drug-likeness (QED) is 0.727. The first-order valence-electron chi connectivity index (χ1n) is 4.80. The standard InChI is InChI=1S/C11H13NO2/c13-11(10-6-7-12-10)14-8-9-4-2-1-3-5-9/h1-5,10,12H,6-8H2/t10-/m1/s1. The van der Waals surface area contributed by atoms with Gasteiger partial charge in [0.05, 0.1) is 0 Å². The van der Waals surface area contributed by atoms with Gasteiger partial charge < -0.3 is 10.1 Å². The first-order valence-corrected chi connectivity index (χ1v) is 4.80. The summed E-state index contributed by atoms with van der Waals surface area (Å²) < 4.78 is 5.13. The number of esters is 1. The zero-order chi connectivity index (χ0) is 9.80. The Morgan fingerprint density at radius 1 is 1.43 bits per heavy atom. The van der Waals surface area contributed by atoms with Crippen LogP contribution in [0.4, 0.5) is 0 Å². The first-order chi connectivity index (χ1) is 6.86. The van der Waals surface area contributed by atoms with Crippen molar-refractivity contribution in [1.82, 2.24) is 5.32 Å². The summed E-state index contributed by atoms with van der Waals surface area (Å²) in [6.07, 6.45) is 0.896. The van der Waals surface area contributed by atoms with E-state index in [2.05, 4.69) is 5.32 Å². The summed E-state index contributed by atoms with van der Waals surface area (Å²) in [5.41, 5.74) is 1.03. The molecule has 14 heavy (non-hydrogen) atoms. The fourth-order valence-corrected chi connectivity index (χ4v) is 1.32. The molecule has 1 aliphatic heterocycles. The average molecular weight is 191 g/mol. The second-order valence-electron chi connectivity index (χ2n) is 3.39. The molecule has 0 bridgehead atoms. The topological polar surface area (TPSA) is 38.3 Å². The lowest BCUT2D eigenvalue weighted by Gasteiger charge is -2.25. The van der Waals surface area contributed by atoms with Gasteiger partial charge in [-0.1, -0.05) is 30.3 Å². The van der Waals surface area contributed by atoms with E-state index in [0.29, 0.717) is 6.61 Å². The molecule has 0 saturated carbocycles. The summed E-state index contributed by atoms with van der Waals surface area (Å²) >= 11 is 0. The van der Waals surface area contributed by atoms with Crippen molar-refractivity contribution in [2.45, 2.75) is 19.1 Å². The summed E-state index contributed by atoms with van der Waals surface area (Å²) in [5, 5.41) is 3.01. The number of nitrogens with one attached hydrogen (secondary N) is 1. The van der Waals surface area contributed by atoms with Crippen LogP contribution in [0, 0.1) is 0 Å². The lowest BCUT2D eigenvalue weighted by molar-refractivity contribution is -0.149. The van der Waals surface area contributed by atoms with Crippen molar-refractivity contribution in [2.75, 3.05) is 6.54 Å². The minimum absolute atomic E-state index is 0.0706. The maximum Gasteiger partial charge on any atom is 0.323 e. The Balaban J connectivity index is 1.79. The summed E-state index contributed by atoms with van der Waals surface area (Å²) in [6, 6.07) is 9.64. The molecular weight excluding hydrogens is 178 g/mol. The van der Waals surface area contributed by atoms with Crippen molar-refractivity contribution < 1.29 is 9.53 Å². The lowest BCUT2D eigenvalue weighted by Crippen LogP contribution is -2.49. The van der Waals surface area contributed by atoms with E-state index < -0.39 is 0 Å². The van der Waals surface area contributed by atoms with Crippen molar-refractivity contribution in [2.24, 2.45) is 0 Å². The first kappa shape index (κ1) is 9.21. The summed E-state index contributed by atoms with van der Waals surface area (Å²) in [6.45, 7) is 1.29. The Bertz CT molecular complexity index is 306. The molecule has 0 aliphatic carbocycles. The normalized spacial score (nSPS) is 19.9. The van der Waals surface area contributed by atoms with E-state index in [-0.39, 0.29) is 12.0 Å². The number of carbonyl (C=O) groups is 1. The Morgan fingerprint density at radius 2 is 2.14 bits per heavy atom. The van der Waals surface area contributed by atoms with Crippen LogP contribution in [-0.2, 0) is 16.1 Å². The molecule has 2 rings (SSSR count). The zero-order valence-corrected chi connectivity index (χ0v) is 7.90. The molecule has 1 aromatic carbocycles. The second kappa shape index (κ2) is 4.24. The van der Waals surface area contributed by atoms with E-state index in [4.69, 9.17) is 4.74 Å². The highest BCUT2D eigenvalue weighted by Gasteiger charge is 2.25. The molecule has 1 atom stereocenters. The van der Waals surface area contributed by atoms with Crippen LogP contribution < -0.4 is 5.32 Å². The number of hydrogen-bond acceptors (Lipinski definition) is 3. The Kier molecular flexibility index (Phi) is 2.79. The minimum Gasteiger partial charge on any atom is -0.460 e. The van der Waals surface area contributed by atoms with E-state index >= 15 is 0 Å². The van der Waals surface area contributed by atoms with E-state index in [1.165, 1.54) is 0 Å². The predicted octanol–water partition coefficient (Wildman–Crippen LogP) is 1.09. The van der Waals surface area contributed by atoms with Crippen LogP contribution >= 0.6 is 0 Å². The van der Waals surface area contributed by atoms with E-state index in [1.54, 1.807) is 0 Å². The third-order valence-electron chi connectivity index (χ3n) is 2.33. The van der Waals surface area contributed by atoms with Crippen molar-refractivity contribution in [3.63, 3.8) is 0 Å². The molecule has 3 heteroatoms. The highest BCUT2D eigenvalue weighted by atomic mass is 16.5. The molecule has 0 spiro atoms. The van der Waals surface area contributed by atoms with Gasteiger partial charge in [0.15, 0.2) is 0 Å². The maximum absolute atomic E-state index is 11.3. The minimum atomic E-state index is -0.139. The lowest BCUT2D eigenvalue weighted by atomic mass is 10.1. The molecule has 0 radical (unpaired) electrons. The van der Waals surface area contributed by atoms with Gasteiger partial charge >= 0.3 is 5.97 Å². The Hall–Kier alpha value is -1.35. The molecular formula is C11H13NO2. The highest BCUT2D eigenvalue weighted by Crippen LogP contribution is 2.06. The average Bonchev–Trinajstić information content (AvgIpc) is 2.14. The van der Waals surface area contributed by atoms with Gasteiger partial charge in [-0.05, 0) is 18.5 Å². The molecule has 1 fully saturated rings. The zero-order valence-electron chi connectivity index (χ0n) is 7.90. The number of carbonyl (C=O) groups excluding carboxylic acids is 1. The summed E-state index contributed by atoms with van der Waals surface area (Å²) in [4.78, 5) is 11.3. The molecule has 1 heterocycles. The SMILES string of the molecule is O=C(OCc1ccccc1)[C@H]1CCN1. The van der Waals surface area contributed by atoms with Crippen LogP contribution in [0.2, 0.25) is 0 Å². The number of ether oxygens (including phenoxy) is 1. The van der Waals surface area contributed by atoms with Gasteiger partial charge in [-0.15, -0.1) is 0 Å².